The molecular weight excluding hydrogens is 440 g/mol. The van der Waals surface area contributed by atoms with Gasteiger partial charge in [0.1, 0.15) is 0 Å². The van der Waals surface area contributed by atoms with E-state index in [2.05, 4.69) is 15.5 Å². The van der Waals surface area contributed by atoms with Gasteiger partial charge in [-0.15, -0.1) is 4.48 Å². The first-order valence-corrected chi connectivity index (χ1v) is 11.6. The Kier molecular flexibility index (Phi) is 8.32. The Bertz CT molecular complexity index is 786. The van der Waals surface area contributed by atoms with E-state index in [1.807, 2.05) is 6.07 Å². The van der Waals surface area contributed by atoms with Crippen LogP contribution in [0.3, 0.4) is 0 Å². The Morgan fingerprint density at radius 2 is 1.94 bits per heavy atom. The van der Waals surface area contributed by atoms with E-state index < -0.39 is 28.7 Å². The van der Waals surface area contributed by atoms with Crippen molar-refractivity contribution in [2.24, 2.45) is 11.1 Å². The van der Waals surface area contributed by atoms with Crippen LogP contribution in [0.1, 0.15) is 38.2 Å². The first-order valence-electron chi connectivity index (χ1n) is 10.8. The largest absolute Gasteiger partial charge is 0.369 e. The van der Waals surface area contributed by atoms with Crippen LogP contribution in [-0.4, -0.2) is 58.9 Å². The Hall–Kier alpha value is -1.95. The maximum absolute atomic E-state index is 15.8. The molecule has 3 atom stereocenters. The number of carbonyl (C=O) groups is 2. The number of unbranched alkanes of at least 4 members (excludes halogenated alkanes) is 1. The van der Waals surface area contributed by atoms with Crippen molar-refractivity contribution in [3.8, 4) is 0 Å². The van der Waals surface area contributed by atoms with Gasteiger partial charge >= 0.3 is 6.03 Å². The monoisotopic (exact) mass is 471 g/mol. The topological polar surface area (TPSA) is 99.9 Å². The molecular formula is C21H31F2N5O3S. The van der Waals surface area contributed by atoms with Crippen molar-refractivity contribution < 1.29 is 23.2 Å². The van der Waals surface area contributed by atoms with E-state index in [-0.39, 0.29) is 23.1 Å². The van der Waals surface area contributed by atoms with Crippen molar-refractivity contribution in [3.05, 3.63) is 35.9 Å². The standard InChI is InChI=1S/C21H31F2N5O3S/c1-20(17(24)29)18(31-15-16-9-3-2-4-10-16)28(23)32-21(20,22)26-19(30)25-11-5-6-12-27-13-7-8-14-27/h2-4,9-10,18H,5-8,11-15H2,1H3,(H2,24,29)(H2,25,26,30). The molecule has 11 heteroatoms. The van der Waals surface area contributed by atoms with E-state index in [1.165, 1.54) is 12.8 Å². The van der Waals surface area contributed by atoms with Crippen LogP contribution in [0.5, 0.6) is 0 Å². The zero-order valence-corrected chi connectivity index (χ0v) is 19.0. The minimum atomic E-state index is -2.82. The van der Waals surface area contributed by atoms with Crippen LogP contribution in [0.25, 0.3) is 0 Å². The molecule has 4 N–H and O–H groups in total. The number of primary amides is 1. The van der Waals surface area contributed by atoms with Gasteiger partial charge in [0.05, 0.1) is 6.61 Å². The lowest BCUT2D eigenvalue weighted by atomic mass is 9.85. The highest BCUT2D eigenvalue weighted by atomic mass is 32.2. The molecule has 3 amide bonds. The Morgan fingerprint density at radius 1 is 1.25 bits per heavy atom. The third-order valence-electron chi connectivity index (χ3n) is 5.98. The molecule has 0 spiro atoms. The van der Waals surface area contributed by atoms with Crippen molar-refractivity contribution in [1.82, 2.24) is 20.1 Å². The molecule has 3 unspecified atom stereocenters. The van der Waals surface area contributed by atoms with E-state index in [0.717, 1.165) is 39.4 Å². The maximum atomic E-state index is 15.8. The van der Waals surface area contributed by atoms with Crippen molar-refractivity contribution >= 4 is 23.9 Å². The number of nitrogens with two attached hydrogens (primary N) is 1. The van der Waals surface area contributed by atoms with Crippen molar-refractivity contribution in [1.29, 1.82) is 0 Å². The van der Waals surface area contributed by atoms with Crippen LogP contribution in [0.15, 0.2) is 30.3 Å². The molecule has 32 heavy (non-hydrogen) atoms. The summed E-state index contributed by atoms with van der Waals surface area (Å²) in [5, 5.41) is 1.83. The molecule has 0 bridgehead atoms. The van der Waals surface area contributed by atoms with Crippen molar-refractivity contribution in [2.75, 3.05) is 26.2 Å². The summed E-state index contributed by atoms with van der Waals surface area (Å²) in [6.07, 6.45) is 2.44. The van der Waals surface area contributed by atoms with Gasteiger partial charge in [-0.05, 0) is 57.8 Å². The highest BCUT2D eigenvalue weighted by Crippen LogP contribution is 2.55. The molecule has 1 aromatic carbocycles. The van der Waals surface area contributed by atoms with Gasteiger partial charge in [0.2, 0.25) is 5.91 Å². The summed E-state index contributed by atoms with van der Waals surface area (Å²) < 4.78 is 35.9. The number of alkyl halides is 1. The molecule has 8 nitrogen and oxygen atoms in total. The first-order chi connectivity index (χ1) is 15.3. The number of hydrogen-bond acceptors (Lipinski definition) is 6. The molecule has 0 aromatic heterocycles. The number of rotatable bonds is 10. The van der Waals surface area contributed by atoms with E-state index in [4.69, 9.17) is 10.5 Å². The van der Waals surface area contributed by atoms with Gasteiger partial charge in [0, 0.05) is 18.5 Å². The Morgan fingerprint density at radius 3 is 2.59 bits per heavy atom. The second kappa shape index (κ2) is 10.8. The number of amides is 3. The molecule has 2 heterocycles. The van der Waals surface area contributed by atoms with Crippen LogP contribution in [0.2, 0.25) is 0 Å². The summed E-state index contributed by atoms with van der Waals surface area (Å²) >= 11 is 0.0308. The fraction of sp³-hybridized carbons (Fsp3) is 0.619. The number of hydrogen-bond donors (Lipinski definition) is 3. The lowest BCUT2D eigenvalue weighted by Crippen LogP contribution is -2.62. The zero-order chi connectivity index (χ0) is 23.2. The number of carbonyl (C=O) groups excluding carboxylic acids is 2. The van der Waals surface area contributed by atoms with E-state index in [0.29, 0.717) is 12.1 Å². The number of nitrogens with zero attached hydrogens (tertiary/aromatic N) is 2. The number of ether oxygens (including phenoxy) is 1. The van der Waals surface area contributed by atoms with Crippen molar-refractivity contribution in [2.45, 2.75) is 50.6 Å². The normalized spacial score (nSPS) is 28.7. The Labute approximate surface area is 191 Å². The molecule has 2 aliphatic heterocycles. The van der Waals surface area contributed by atoms with Gasteiger partial charge in [0.25, 0.3) is 5.12 Å². The van der Waals surface area contributed by atoms with E-state index in [9.17, 15) is 14.1 Å². The molecule has 0 aliphatic carbocycles. The van der Waals surface area contributed by atoms with E-state index >= 15 is 4.39 Å². The van der Waals surface area contributed by atoms with E-state index in [1.54, 1.807) is 24.3 Å². The Balaban J connectivity index is 1.55. The second-order valence-electron chi connectivity index (χ2n) is 8.31. The third-order valence-corrected chi connectivity index (χ3v) is 7.13. The summed E-state index contributed by atoms with van der Waals surface area (Å²) in [6.45, 7) is 4.59. The summed E-state index contributed by atoms with van der Waals surface area (Å²) in [5.41, 5.74) is 4.01. The number of likely N-dealkylation sites (tertiary alicyclic amines) is 1. The van der Waals surface area contributed by atoms with Gasteiger partial charge < -0.3 is 20.7 Å². The predicted molar refractivity (Wildman–Crippen MR) is 118 cm³/mol. The van der Waals surface area contributed by atoms with Gasteiger partial charge in [-0.25, -0.2) is 9.18 Å². The van der Waals surface area contributed by atoms with Crippen LogP contribution in [-0.2, 0) is 16.1 Å². The minimum Gasteiger partial charge on any atom is -0.369 e. The highest BCUT2D eigenvalue weighted by molar-refractivity contribution is 7.98. The number of nitrogens with one attached hydrogen (secondary N) is 2. The average Bonchev–Trinajstić information content (AvgIpc) is 3.33. The van der Waals surface area contributed by atoms with Gasteiger partial charge in [0.15, 0.2) is 11.6 Å². The summed E-state index contributed by atoms with van der Waals surface area (Å²) in [5.74, 6) is -1.13. The summed E-state index contributed by atoms with van der Waals surface area (Å²) in [4.78, 5) is 26.9. The average molecular weight is 472 g/mol. The fourth-order valence-electron chi connectivity index (χ4n) is 3.89. The molecule has 2 saturated heterocycles. The predicted octanol–water partition coefficient (Wildman–Crippen LogP) is 2.67. The molecule has 3 rings (SSSR count). The number of urea groups is 1. The zero-order valence-electron chi connectivity index (χ0n) is 18.2. The quantitative estimate of drug-likeness (QED) is 0.210. The molecule has 2 aliphatic rings. The molecule has 178 valence electrons. The SMILES string of the molecule is CC1(C(N)=O)C(OCc2ccccc2)N(F)SC1(F)NC(=O)NCCCCN1CCCC1. The second-order valence-corrected chi connectivity index (χ2v) is 9.40. The maximum Gasteiger partial charge on any atom is 0.317 e. The molecule has 1 aromatic rings. The molecule has 2 fully saturated rings. The third kappa shape index (κ3) is 5.51. The lowest BCUT2D eigenvalue weighted by Gasteiger charge is -2.35. The fourth-order valence-corrected chi connectivity index (χ4v) is 5.03. The number of halogens is 2. The van der Waals surface area contributed by atoms with Gasteiger partial charge in [-0.1, -0.05) is 34.9 Å². The molecule has 0 radical (unpaired) electrons. The van der Waals surface area contributed by atoms with Crippen LogP contribution < -0.4 is 16.4 Å². The lowest BCUT2D eigenvalue weighted by molar-refractivity contribution is -0.176. The minimum absolute atomic E-state index is 0.00989. The van der Waals surface area contributed by atoms with Crippen molar-refractivity contribution in [3.63, 3.8) is 0 Å². The van der Waals surface area contributed by atoms with Crippen LogP contribution in [0.4, 0.5) is 13.7 Å². The summed E-state index contributed by atoms with van der Waals surface area (Å²) in [7, 11) is 0. The van der Waals surface area contributed by atoms with Gasteiger partial charge in [-0.2, -0.15) is 0 Å². The summed E-state index contributed by atoms with van der Waals surface area (Å²) in [6, 6.07) is 8.03. The highest BCUT2D eigenvalue weighted by Gasteiger charge is 2.69. The molecule has 0 saturated carbocycles. The first kappa shape index (κ1) is 24.7. The number of benzene rings is 1. The smallest absolute Gasteiger partial charge is 0.317 e. The van der Waals surface area contributed by atoms with Gasteiger partial charge in [-0.3, -0.25) is 10.1 Å². The van der Waals surface area contributed by atoms with Crippen LogP contribution in [0, 0.1) is 5.41 Å². The van der Waals surface area contributed by atoms with Crippen LogP contribution >= 0.6 is 11.9 Å².